The van der Waals surface area contributed by atoms with E-state index in [1.807, 2.05) is 12.1 Å². The van der Waals surface area contributed by atoms with Gasteiger partial charge in [0.25, 0.3) is 0 Å². The van der Waals surface area contributed by atoms with E-state index in [9.17, 15) is 9.59 Å². The van der Waals surface area contributed by atoms with Crippen molar-refractivity contribution in [3.63, 3.8) is 0 Å². The van der Waals surface area contributed by atoms with E-state index < -0.39 is 0 Å². The van der Waals surface area contributed by atoms with Gasteiger partial charge >= 0.3 is 0 Å². The van der Waals surface area contributed by atoms with Gasteiger partial charge in [0, 0.05) is 25.2 Å². The van der Waals surface area contributed by atoms with Crippen molar-refractivity contribution in [3.8, 4) is 0 Å². The van der Waals surface area contributed by atoms with Crippen LogP contribution in [0.1, 0.15) is 38.1 Å². The highest BCUT2D eigenvalue weighted by Crippen LogP contribution is 1.97. The summed E-state index contributed by atoms with van der Waals surface area (Å²) >= 11 is 0. The van der Waals surface area contributed by atoms with Crippen LogP contribution in [0.2, 0.25) is 0 Å². The summed E-state index contributed by atoms with van der Waals surface area (Å²) in [6.45, 7) is 3.48. The first kappa shape index (κ1) is 18.9. The summed E-state index contributed by atoms with van der Waals surface area (Å²) in [5.74, 6) is -0.721. The van der Waals surface area contributed by atoms with Crippen LogP contribution in [0.5, 0.6) is 0 Å². The second-order valence-electron chi connectivity index (χ2n) is 5.39. The van der Waals surface area contributed by atoms with Gasteiger partial charge in [-0.2, -0.15) is 10.2 Å². The first-order valence-corrected chi connectivity index (χ1v) is 8.05. The lowest BCUT2D eigenvalue weighted by atomic mass is 10.2. The van der Waals surface area contributed by atoms with Crippen LogP contribution in [-0.4, -0.2) is 33.2 Å². The molecule has 2 aromatic heterocycles. The molecule has 0 aliphatic rings. The first-order valence-electron chi connectivity index (χ1n) is 8.05. The van der Waals surface area contributed by atoms with Crippen LogP contribution in [0, 0.1) is 0 Å². The van der Waals surface area contributed by atoms with Crippen LogP contribution in [0.15, 0.2) is 59.0 Å². The van der Waals surface area contributed by atoms with Gasteiger partial charge in [0.2, 0.25) is 11.8 Å². The van der Waals surface area contributed by atoms with Crippen LogP contribution in [0.3, 0.4) is 0 Å². The fourth-order valence-corrected chi connectivity index (χ4v) is 1.90. The quantitative estimate of drug-likeness (QED) is 0.583. The lowest BCUT2D eigenvalue weighted by Gasteiger charge is -2.03. The second-order valence-corrected chi connectivity index (χ2v) is 5.39. The number of nitrogens with one attached hydrogen (secondary N) is 2. The summed E-state index contributed by atoms with van der Waals surface area (Å²) in [4.78, 5) is 31.8. The Hall–Kier alpha value is -3.42. The van der Waals surface area contributed by atoms with Crippen molar-refractivity contribution in [2.45, 2.75) is 26.7 Å². The molecule has 8 heteroatoms. The second kappa shape index (κ2) is 9.77. The summed E-state index contributed by atoms with van der Waals surface area (Å²) in [5, 5.41) is 7.95. The molecule has 0 spiro atoms. The van der Waals surface area contributed by atoms with Crippen molar-refractivity contribution in [1.29, 1.82) is 0 Å². The molecule has 0 radical (unpaired) electrons. The van der Waals surface area contributed by atoms with Crippen LogP contribution >= 0.6 is 0 Å². The zero-order valence-corrected chi connectivity index (χ0v) is 14.6. The molecular formula is C18H20N6O2. The highest BCUT2D eigenvalue weighted by Gasteiger charge is 2.07. The van der Waals surface area contributed by atoms with Gasteiger partial charge in [-0.1, -0.05) is 12.1 Å². The van der Waals surface area contributed by atoms with Crippen molar-refractivity contribution < 1.29 is 9.59 Å². The van der Waals surface area contributed by atoms with E-state index in [-0.39, 0.29) is 24.7 Å². The van der Waals surface area contributed by atoms with E-state index in [1.54, 1.807) is 50.5 Å². The third-order valence-electron chi connectivity index (χ3n) is 3.35. The third kappa shape index (κ3) is 6.23. The van der Waals surface area contributed by atoms with Gasteiger partial charge < -0.3 is 0 Å². The standard InChI is InChI=1S/C18H20N6O2/c1-13(15-7-3-5-11-19-15)21-23-17(25)9-10-18(26)24-22-14(2)16-8-4-6-12-20-16/h3-8,11-12H,9-10H2,1-2H3,(H,23,25)(H,24,26). The molecule has 2 aromatic rings. The smallest absolute Gasteiger partial charge is 0.240 e. The van der Waals surface area contributed by atoms with Crippen molar-refractivity contribution in [2.24, 2.45) is 10.2 Å². The maximum absolute atomic E-state index is 11.8. The van der Waals surface area contributed by atoms with Gasteiger partial charge in [0.1, 0.15) is 0 Å². The summed E-state index contributed by atoms with van der Waals surface area (Å²) in [6.07, 6.45) is 3.30. The highest BCUT2D eigenvalue weighted by molar-refractivity contribution is 5.98. The molecule has 0 aliphatic carbocycles. The van der Waals surface area contributed by atoms with Crippen LogP contribution in [-0.2, 0) is 9.59 Å². The van der Waals surface area contributed by atoms with Gasteiger partial charge in [-0.25, -0.2) is 10.9 Å². The Labute approximate surface area is 151 Å². The number of nitrogens with zero attached hydrogens (tertiary/aromatic N) is 4. The van der Waals surface area contributed by atoms with Crippen molar-refractivity contribution >= 4 is 23.2 Å². The van der Waals surface area contributed by atoms with E-state index in [0.29, 0.717) is 22.8 Å². The Kier molecular flexibility index (Phi) is 7.11. The van der Waals surface area contributed by atoms with Gasteiger partial charge in [-0.15, -0.1) is 0 Å². The molecular weight excluding hydrogens is 332 g/mol. The lowest BCUT2D eigenvalue weighted by Crippen LogP contribution is -2.24. The van der Waals surface area contributed by atoms with Crippen LogP contribution < -0.4 is 10.9 Å². The number of aromatic nitrogens is 2. The molecule has 2 amide bonds. The predicted octanol–water partition coefficient (Wildman–Crippen LogP) is 1.64. The Morgan fingerprint density at radius 3 is 1.58 bits per heavy atom. The lowest BCUT2D eigenvalue weighted by molar-refractivity contribution is -0.126. The molecule has 134 valence electrons. The Morgan fingerprint density at radius 1 is 0.808 bits per heavy atom. The van der Waals surface area contributed by atoms with Crippen LogP contribution in [0.25, 0.3) is 0 Å². The molecule has 0 bridgehead atoms. The van der Waals surface area contributed by atoms with Gasteiger partial charge in [0.05, 0.1) is 22.8 Å². The maximum atomic E-state index is 11.8. The summed E-state index contributed by atoms with van der Waals surface area (Å²) in [6, 6.07) is 10.8. The molecule has 0 saturated carbocycles. The number of carbonyl (C=O) groups is 2. The SMILES string of the molecule is CC(=NNC(=O)CCC(=O)NN=C(C)c1ccccn1)c1ccccn1. The molecule has 0 saturated heterocycles. The number of amides is 2. The Balaban J connectivity index is 1.76. The number of hydrogen-bond donors (Lipinski definition) is 2. The minimum atomic E-state index is -0.360. The predicted molar refractivity (Wildman–Crippen MR) is 98.4 cm³/mol. The Morgan fingerprint density at radius 2 is 1.23 bits per heavy atom. The van der Waals surface area contributed by atoms with E-state index >= 15 is 0 Å². The number of carbonyl (C=O) groups excluding carboxylic acids is 2. The topological polar surface area (TPSA) is 109 Å². The number of hydrazone groups is 2. The van der Waals surface area contributed by atoms with Gasteiger partial charge in [0.15, 0.2) is 0 Å². The largest absolute Gasteiger partial charge is 0.273 e. The third-order valence-corrected chi connectivity index (χ3v) is 3.35. The van der Waals surface area contributed by atoms with Gasteiger partial charge in [-0.05, 0) is 38.1 Å². The minimum absolute atomic E-state index is 0.00296. The summed E-state index contributed by atoms with van der Waals surface area (Å²) < 4.78 is 0. The maximum Gasteiger partial charge on any atom is 0.240 e. The van der Waals surface area contributed by atoms with E-state index in [4.69, 9.17) is 0 Å². The molecule has 0 atom stereocenters. The normalized spacial score (nSPS) is 11.8. The molecule has 2 N–H and O–H groups in total. The van der Waals surface area contributed by atoms with Crippen molar-refractivity contribution in [1.82, 2.24) is 20.8 Å². The molecule has 0 fully saturated rings. The Bertz CT molecular complexity index is 733. The number of rotatable bonds is 7. The minimum Gasteiger partial charge on any atom is -0.273 e. The van der Waals surface area contributed by atoms with E-state index in [1.165, 1.54) is 0 Å². The average molecular weight is 352 g/mol. The van der Waals surface area contributed by atoms with Crippen molar-refractivity contribution in [2.75, 3.05) is 0 Å². The van der Waals surface area contributed by atoms with Crippen LogP contribution in [0.4, 0.5) is 0 Å². The summed E-state index contributed by atoms with van der Waals surface area (Å²) in [5.41, 5.74) is 7.33. The fourth-order valence-electron chi connectivity index (χ4n) is 1.90. The molecule has 0 unspecified atom stereocenters. The molecule has 0 aromatic carbocycles. The highest BCUT2D eigenvalue weighted by atomic mass is 16.2. The van der Waals surface area contributed by atoms with Gasteiger partial charge in [-0.3, -0.25) is 19.6 Å². The summed E-state index contributed by atoms with van der Waals surface area (Å²) in [7, 11) is 0. The molecule has 2 heterocycles. The number of hydrogen-bond acceptors (Lipinski definition) is 6. The molecule has 0 aliphatic heterocycles. The average Bonchev–Trinajstić information content (AvgIpc) is 2.69. The van der Waals surface area contributed by atoms with E-state index in [0.717, 1.165) is 0 Å². The zero-order chi connectivity index (χ0) is 18.8. The monoisotopic (exact) mass is 352 g/mol. The molecule has 26 heavy (non-hydrogen) atoms. The molecule has 2 rings (SSSR count). The van der Waals surface area contributed by atoms with E-state index in [2.05, 4.69) is 31.0 Å². The first-order chi connectivity index (χ1) is 12.6. The van der Waals surface area contributed by atoms with Crippen molar-refractivity contribution in [3.05, 3.63) is 60.2 Å². The fraction of sp³-hybridized carbons (Fsp3) is 0.222. The number of pyridine rings is 2. The zero-order valence-electron chi connectivity index (χ0n) is 14.6. The molecule has 8 nitrogen and oxygen atoms in total.